The number of rotatable bonds is 7. The molecule has 0 unspecified atom stereocenters. The van der Waals surface area contributed by atoms with Crippen LogP contribution in [0, 0.1) is 5.82 Å². The first kappa shape index (κ1) is 20.8. The maximum Gasteiger partial charge on any atom is 0.231 e. The number of halogens is 1. The van der Waals surface area contributed by atoms with E-state index in [2.05, 4.69) is 26.9 Å². The first-order valence-corrected chi connectivity index (χ1v) is 10.9. The van der Waals surface area contributed by atoms with Gasteiger partial charge in [-0.3, -0.25) is 9.80 Å². The van der Waals surface area contributed by atoms with E-state index in [1.807, 2.05) is 36.4 Å². The van der Waals surface area contributed by atoms with Gasteiger partial charge in [-0.2, -0.15) is 0 Å². The number of fused-ring (bicyclic) bond motifs is 1. The van der Waals surface area contributed by atoms with E-state index >= 15 is 0 Å². The van der Waals surface area contributed by atoms with Gasteiger partial charge in [0.25, 0.3) is 0 Å². The van der Waals surface area contributed by atoms with Crippen LogP contribution < -0.4 is 14.4 Å². The van der Waals surface area contributed by atoms with E-state index in [1.165, 1.54) is 12.1 Å². The van der Waals surface area contributed by atoms with Crippen molar-refractivity contribution in [2.24, 2.45) is 0 Å². The highest BCUT2D eigenvalue weighted by Crippen LogP contribution is 2.35. The molecule has 0 spiro atoms. The van der Waals surface area contributed by atoms with Crippen LogP contribution in [0.4, 0.5) is 10.1 Å². The molecule has 5 rings (SSSR count). The van der Waals surface area contributed by atoms with Crippen molar-refractivity contribution in [1.29, 1.82) is 0 Å². The van der Waals surface area contributed by atoms with Gasteiger partial charge in [-0.1, -0.05) is 5.16 Å². The number of ether oxygens (including phenoxy) is 2. The first-order chi connectivity index (χ1) is 15.6. The summed E-state index contributed by atoms with van der Waals surface area (Å²) in [5, 5.41) is 4.22. The van der Waals surface area contributed by atoms with Crippen molar-refractivity contribution in [3.63, 3.8) is 0 Å². The van der Waals surface area contributed by atoms with Gasteiger partial charge in [0.05, 0.1) is 6.54 Å². The Kier molecular flexibility index (Phi) is 5.96. The second-order valence-electron chi connectivity index (χ2n) is 8.29. The maximum atomic E-state index is 13.1. The molecule has 0 amide bonds. The average molecular weight is 439 g/mol. The molecule has 2 aliphatic heterocycles. The van der Waals surface area contributed by atoms with Crippen LogP contribution in [0.3, 0.4) is 0 Å². The van der Waals surface area contributed by atoms with Crippen LogP contribution in [0.5, 0.6) is 11.5 Å². The lowest BCUT2D eigenvalue weighted by Crippen LogP contribution is -2.48. The molecule has 0 radical (unpaired) electrons. The lowest BCUT2D eigenvalue weighted by Gasteiger charge is -2.36. The number of piperazine rings is 1. The minimum absolute atomic E-state index is 0.190. The third-order valence-electron chi connectivity index (χ3n) is 6.02. The topological polar surface area (TPSA) is 54.2 Å². The van der Waals surface area contributed by atoms with Crippen LogP contribution in [0.1, 0.15) is 5.76 Å². The fraction of sp³-hybridized carbons (Fsp3) is 0.375. The summed E-state index contributed by atoms with van der Waals surface area (Å²) in [6.45, 7) is 6.81. The largest absolute Gasteiger partial charge is 0.454 e. The zero-order chi connectivity index (χ0) is 21.9. The Morgan fingerprint density at radius 3 is 2.56 bits per heavy atom. The number of anilines is 1. The van der Waals surface area contributed by atoms with Gasteiger partial charge in [-0.15, -0.1) is 0 Å². The van der Waals surface area contributed by atoms with Crippen molar-refractivity contribution < 1.29 is 18.4 Å². The summed E-state index contributed by atoms with van der Waals surface area (Å²) in [5.74, 6) is 2.14. The molecule has 7 nitrogen and oxygen atoms in total. The average Bonchev–Trinajstić information content (AvgIpc) is 3.47. The number of nitrogens with zero attached hydrogens (tertiary/aromatic N) is 4. The Bertz CT molecular complexity index is 1050. The molecule has 8 heteroatoms. The Morgan fingerprint density at radius 1 is 0.969 bits per heavy atom. The quantitative estimate of drug-likeness (QED) is 0.560. The van der Waals surface area contributed by atoms with Crippen molar-refractivity contribution in [2.75, 3.05) is 58.0 Å². The molecule has 1 saturated heterocycles. The van der Waals surface area contributed by atoms with E-state index < -0.39 is 0 Å². The fourth-order valence-corrected chi connectivity index (χ4v) is 4.12. The molecule has 0 bridgehead atoms. The molecule has 0 atom stereocenters. The molecule has 3 heterocycles. The number of hydrogen-bond donors (Lipinski definition) is 0. The molecule has 32 heavy (non-hydrogen) atoms. The molecule has 0 saturated carbocycles. The highest BCUT2D eigenvalue weighted by Gasteiger charge is 2.19. The monoisotopic (exact) mass is 438 g/mol. The Hall–Kier alpha value is -3.10. The summed E-state index contributed by atoms with van der Waals surface area (Å²) in [7, 11) is 2.09. The summed E-state index contributed by atoms with van der Waals surface area (Å²) in [5.41, 5.74) is 2.83. The van der Waals surface area contributed by atoms with Crippen molar-refractivity contribution in [1.82, 2.24) is 15.0 Å². The van der Waals surface area contributed by atoms with E-state index in [1.54, 1.807) is 0 Å². The molecule has 0 aliphatic carbocycles. The molecule has 3 aromatic rings. The predicted molar refractivity (Wildman–Crippen MR) is 119 cm³/mol. The van der Waals surface area contributed by atoms with E-state index in [4.69, 9.17) is 14.0 Å². The number of aromatic nitrogens is 1. The Morgan fingerprint density at radius 2 is 1.75 bits per heavy atom. The summed E-state index contributed by atoms with van der Waals surface area (Å²) < 4.78 is 29.5. The second kappa shape index (κ2) is 9.18. The van der Waals surface area contributed by atoms with Crippen LogP contribution in [-0.4, -0.2) is 68.1 Å². The minimum atomic E-state index is -0.190. The molecule has 1 aromatic heterocycles. The lowest BCUT2D eigenvalue weighted by atomic mass is 10.1. The van der Waals surface area contributed by atoms with E-state index in [-0.39, 0.29) is 12.6 Å². The highest BCUT2D eigenvalue weighted by molar-refractivity contribution is 5.64. The molecule has 2 aromatic carbocycles. The van der Waals surface area contributed by atoms with Gasteiger partial charge in [0.15, 0.2) is 17.3 Å². The first-order valence-electron chi connectivity index (χ1n) is 10.9. The smallest absolute Gasteiger partial charge is 0.231 e. The van der Waals surface area contributed by atoms with E-state index in [0.29, 0.717) is 6.54 Å². The van der Waals surface area contributed by atoms with Crippen LogP contribution in [0.25, 0.3) is 11.3 Å². The van der Waals surface area contributed by atoms with Crippen molar-refractivity contribution >= 4 is 5.69 Å². The standard InChI is InChI=1S/C24H27FN4O3/c1-27(8-9-28-10-12-29(13-11-28)20-5-3-19(25)4-6-20)16-21-15-22(26-32-21)18-2-7-23-24(14-18)31-17-30-23/h2-7,14-15H,8-13,16-17H2,1H3. The van der Waals surface area contributed by atoms with Gasteiger partial charge < -0.3 is 18.9 Å². The summed E-state index contributed by atoms with van der Waals surface area (Å²) in [6.07, 6.45) is 0. The highest BCUT2D eigenvalue weighted by atomic mass is 19.1. The number of likely N-dealkylation sites (N-methyl/N-ethyl adjacent to an activating group) is 1. The molecule has 2 aliphatic rings. The summed E-state index contributed by atoms with van der Waals surface area (Å²) >= 11 is 0. The molecular formula is C24H27FN4O3. The lowest BCUT2D eigenvalue weighted by molar-refractivity contribution is 0.174. The Balaban J connectivity index is 1.08. The van der Waals surface area contributed by atoms with Gasteiger partial charge in [0.1, 0.15) is 11.5 Å². The third-order valence-corrected chi connectivity index (χ3v) is 6.02. The van der Waals surface area contributed by atoms with E-state index in [9.17, 15) is 4.39 Å². The number of hydrogen-bond acceptors (Lipinski definition) is 7. The SMILES string of the molecule is CN(CCN1CCN(c2ccc(F)cc2)CC1)Cc1cc(-c2ccc3c(c2)OCO3)no1. The molecule has 0 N–H and O–H groups in total. The second-order valence-corrected chi connectivity index (χ2v) is 8.29. The maximum absolute atomic E-state index is 13.1. The zero-order valence-electron chi connectivity index (χ0n) is 18.2. The van der Waals surface area contributed by atoms with E-state index in [0.717, 1.165) is 73.5 Å². The predicted octanol–water partition coefficient (Wildman–Crippen LogP) is 3.46. The molecular weight excluding hydrogens is 411 g/mol. The van der Waals surface area contributed by atoms with Crippen LogP contribution in [0.15, 0.2) is 53.1 Å². The van der Waals surface area contributed by atoms with Crippen LogP contribution in [0.2, 0.25) is 0 Å². The van der Waals surface area contributed by atoms with Crippen molar-refractivity contribution in [2.45, 2.75) is 6.54 Å². The number of benzene rings is 2. The van der Waals surface area contributed by atoms with Gasteiger partial charge in [-0.05, 0) is 49.5 Å². The Labute approximate surface area is 186 Å². The van der Waals surface area contributed by atoms with Crippen molar-refractivity contribution in [3.8, 4) is 22.8 Å². The fourth-order valence-electron chi connectivity index (χ4n) is 4.12. The molecule has 168 valence electrons. The van der Waals surface area contributed by atoms with Crippen molar-refractivity contribution in [3.05, 3.63) is 60.1 Å². The normalized spacial score (nSPS) is 16.2. The third kappa shape index (κ3) is 4.71. The van der Waals surface area contributed by atoms with Gasteiger partial charge >= 0.3 is 0 Å². The van der Waals surface area contributed by atoms with Crippen LogP contribution in [-0.2, 0) is 6.54 Å². The van der Waals surface area contributed by atoms with Gasteiger partial charge in [0, 0.05) is 56.6 Å². The molecule has 1 fully saturated rings. The summed E-state index contributed by atoms with van der Waals surface area (Å²) in [4.78, 5) is 7.02. The summed E-state index contributed by atoms with van der Waals surface area (Å²) in [6, 6.07) is 14.5. The van der Waals surface area contributed by atoms with Crippen LogP contribution >= 0.6 is 0 Å². The minimum Gasteiger partial charge on any atom is -0.454 e. The zero-order valence-corrected chi connectivity index (χ0v) is 18.2. The van der Waals surface area contributed by atoms with Gasteiger partial charge in [-0.25, -0.2) is 4.39 Å². The van der Waals surface area contributed by atoms with Gasteiger partial charge in [0.2, 0.25) is 6.79 Å².